The predicted octanol–water partition coefficient (Wildman–Crippen LogP) is 1.67. The van der Waals surface area contributed by atoms with E-state index < -0.39 is 32.0 Å². The molecule has 0 radical (unpaired) electrons. The third-order valence-corrected chi connectivity index (χ3v) is 5.70. The Bertz CT molecular complexity index is 1080. The zero-order chi connectivity index (χ0) is 19.1. The molecule has 8 heteroatoms. The molecule has 2 aromatic rings. The summed E-state index contributed by atoms with van der Waals surface area (Å²) in [4.78, 5) is 35.2. The quantitative estimate of drug-likeness (QED) is 0.847. The number of carbonyl (C=O) groups is 3. The minimum absolute atomic E-state index is 0.000131. The first-order chi connectivity index (χ1) is 12.2. The number of sulfone groups is 1. The van der Waals surface area contributed by atoms with Crippen LogP contribution in [0, 0.1) is 0 Å². The van der Waals surface area contributed by atoms with Gasteiger partial charge in [0.15, 0.2) is 0 Å². The summed E-state index contributed by atoms with van der Waals surface area (Å²) in [6.07, 6.45) is 0. The molecule has 1 aliphatic rings. The van der Waals surface area contributed by atoms with Gasteiger partial charge in [0.1, 0.15) is 10.6 Å². The van der Waals surface area contributed by atoms with Gasteiger partial charge in [-0.3, -0.25) is 14.4 Å². The van der Waals surface area contributed by atoms with E-state index in [4.69, 9.17) is 5.73 Å². The summed E-state index contributed by atoms with van der Waals surface area (Å²) in [5, 5.41) is 2.51. The van der Waals surface area contributed by atoms with Crippen LogP contribution in [0.3, 0.4) is 0 Å². The lowest BCUT2D eigenvalue weighted by atomic mass is 9.93. The molecule has 0 bridgehead atoms. The lowest BCUT2D eigenvalue weighted by molar-refractivity contribution is -0.114. The molecule has 0 heterocycles. The van der Waals surface area contributed by atoms with Crippen LogP contribution in [0.5, 0.6) is 0 Å². The molecule has 132 valence electrons. The van der Waals surface area contributed by atoms with E-state index in [-0.39, 0.29) is 21.9 Å². The predicted molar refractivity (Wildman–Crippen MR) is 94.2 cm³/mol. The van der Waals surface area contributed by atoms with Gasteiger partial charge < -0.3 is 11.1 Å². The largest absolute Gasteiger partial charge is 0.394 e. The Morgan fingerprint density at radius 1 is 0.923 bits per heavy atom. The van der Waals surface area contributed by atoms with Crippen molar-refractivity contribution in [1.29, 1.82) is 0 Å². The number of Topliss-reactive ketones (excluding diaryl/α,β-unsaturated/α-hetero) is 2. The maximum atomic E-state index is 12.9. The van der Waals surface area contributed by atoms with Crippen molar-refractivity contribution in [3.63, 3.8) is 0 Å². The van der Waals surface area contributed by atoms with E-state index in [2.05, 4.69) is 5.32 Å². The number of carbonyl (C=O) groups excluding carboxylic acids is 3. The molecule has 3 rings (SSSR count). The van der Waals surface area contributed by atoms with Crippen molar-refractivity contribution < 1.29 is 22.8 Å². The smallest absolute Gasteiger partial charge is 0.221 e. The second kappa shape index (κ2) is 6.23. The number of rotatable bonds is 3. The number of nitrogens with two attached hydrogens (primary N) is 1. The lowest BCUT2D eigenvalue weighted by Crippen LogP contribution is -2.30. The summed E-state index contributed by atoms with van der Waals surface area (Å²) in [7, 11) is -4.31. The molecule has 0 aromatic heterocycles. The average molecular weight is 370 g/mol. The molecule has 0 saturated heterocycles. The van der Waals surface area contributed by atoms with Gasteiger partial charge in [-0.05, 0) is 24.3 Å². The fourth-order valence-electron chi connectivity index (χ4n) is 2.68. The van der Waals surface area contributed by atoms with Gasteiger partial charge in [0.25, 0.3) is 0 Å². The van der Waals surface area contributed by atoms with E-state index in [9.17, 15) is 22.8 Å². The number of benzene rings is 2. The number of nitrogens with one attached hydrogen (secondary N) is 1. The molecule has 0 saturated carbocycles. The average Bonchev–Trinajstić information content (AvgIpc) is 2.60. The molecular formula is C18H14N2O5S. The second-order valence-corrected chi connectivity index (χ2v) is 7.54. The molecular weight excluding hydrogens is 356 g/mol. The second-order valence-electron chi connectivity index (χ2n) is 5.66. The van der Waals surface area contributed by atoms with Gasteiger partial charge in [-0.1, -0.05) is 24.3 Å². The Kier molecular flexibility index (Phi) is 4.21. The zero-order valence-corrected chi connectivity index (χ0v) is 14.5. The number of hydrogen-bond acceptors (Lipinski definition) is 6. The van der Waals surface area contributed by atoms with E-state index in [1.165, 1.54) is 49.4 Å². The number of allylic oxidation sites excluding steroid dienone is 2. The Balaban J connectivity index is 2.10. The maximum Gasteiger partial charge on any atom is 0.221 e. The highest BCUT2D eigenvalue weighted by molar-refractivity contribution is 7.96. The van der Waals surface area contributed by atoms with E-state index >= 15 is 0 Å². The van der Waals surface area contributed by atoms with Gasteiger partial charge in [-0.15, -0.1) is 0 Å². The summed E-state index contributed by atoms with van der Waals surface area (Å²) < 4.78 is 25.8. The normalized spacial score (nSPS) is 14.2. The van der Waals surface area contributed by atoms with Crippen molar-refractivity contribution in [2.45, 2.75) is 11.8 Å². The minimum Gasteiger partial charge on any atom is -0.394 e. The van der Waals surface area contributed by atoms with Crippen LogP contribution in [-0.4, -0.2) is 25.9 Å². The van der Waals surface area contributed by atoms with Gasteiger partial charge in [0, 0.05) is 23.7 Å². The van der Waals surface area contributed by atoms with Crippen LogP contribution in [-0.2, 0) is 14.6 Å². The van der Waals surface area contributed by atoms with Crippen LogP contribution < -0.4 is 11.1 Å². The monoisotopic (exact) mass is 370 g/mol. The SMILES string of the molecule is CC(=O)Nc1ccc(S(=O)(=O)C2=C(N)C(=O)c3ccccc3C2=O)cc1. The van der Waals surface area contributed by atoms with E-state index in [1.54, 1.807) is 6.07 Å². The standard InChI is InChI=1S/C18H14N2O5S/c1-10(21)20-11-6-8-12(9-7-11)26(24,25)18-15(19)16(22)13-4-2-3-5-14(13)17(18)23/h2-9H,19H2,1H3,(H,20,21). The molecule has 26 heavy (non-hydrogen) atoms. The minimum atomic E-state index is -4.31. The Morgan fingerprint density at radius 2 is 1.46 bits per heavy atom. The van der Waals surface area contributed by atoms with Crippen molar-refractivity contribution in [2.24, 2.45) is 5.73 Å². The lowest BCUT2D eigenvalue weighted by Gasteiger charge is -2.18. The van der Waals surface area contributed by atoms with E-state index in [0.29, 0.717) is 5.69 Å². The fourth-order valence-corrected chi connectivity index (χ4v) is 4.14. The summed E-state index contributed by atoms with van der Waals surface area (Å²) >= 11 is 0. The van der Waals surface area contributed by atoms with Gasteiger partial charge in [0.05, 0.1) is 4.90 Å². The number of hydrogen-bond donors (Lipinski definition) is 2. The van der Waals surface area contributed by atoms with Crippen molar-refractivity contribution in [2.75, 3.05) is 5.32 Å². The number of amides is 1. The first kappa shape index (κ1) is 17.6. The third-order valence-electron chi connectivity index (χ3n) is 3.87. The van der Waals surface area contributed by atoms with Crippen LogP contribution >= 0.6 is 0 Å². The first-order valence-electron chi connectivity index (χ1n) is 7.54. The molecule has 0 unspecified atom stereocenters. The van der Waals surface area contributed by atoms with E-state index in [1.807, 2.05) is 0 Å². The Morgan fingerprint density at radius 3 is 2.00 bits per heavy atom. The van der Waals surface area contributed by atoms with Crippen molar-refractivity contribution in [3.05, 3.63) is 70.3 Å². The summed E-state index contributed by atoms with van der Waals surface area (Å²) in [5.41, 5.74) is 5.60. The Labute approximate surface area is 149 Å². The van der Waals surface area contributed by atoms with Crippen LogP contribution in [0.2, 0.25) is 0 Å². The third kappa shape index (κ3) is 2.80. The van der Waals surface area contributed by atoms with Crippen molar-refractivity contribution >= 4 is 33.0 Å². The van der Waals surface area contributed by atoms with Gasteiger partial charge in [-0.2, -0.15) is 0 Å². The molecule has 0 spiro atoms. The van der Waals surface area contributed by atoms with Crippen LogP contribution in [0.25, 0.3) is 0 Å². The highest BCUT2D eigenvalue weighted by Gasteiger charge is 2.38. The summed E-state index contributed by atoms with van der Waals surface area (Å²) in [5.74, 6) is -1.82. The fraction of sp³-hybridized carbons (Fsp3) is 0.0556. The molecule has 0 atom stereocenters. The molecule has 1 amide bonds. The van der Waals surface area contributed by atoms with Crippen molar-refractivity contribution in [3.8, 4) is 0 Å². The zero-order valence-electron chi connectivity index (χ0n) is 13.6. The molecule has 2 aromatic carbocycles. The van der Waals surface area contributed by atoms with E-state index in [0.717, 1.165) is 0 Å². The molecule has 0 aliphatic heterocycles. The van der Waals surface area contributed by atoms with Crippen LogP contribution in [0.1, 0.15) is 27.6 Å². The van der Waals surface area contributed by atoms with Gasteiger partial charge in [-0.25, -0.2) is 8.42 Å². The van der Waals surface area contributed by atoms with Crippen LogP contribution in [0.15, 0.2) is 64.0 Å². The van der Waals surface area contributed by atoms with Crippen molar-refractivity contribution in [1.82, 2.24) is 0 Å². The van der Waals surface area contributed by atoms with Gasteiger partial charge >= 0.3 is 0 Å². The molecule has 0 fully saturated rings. The van der Waals surface area contributed by atoms with Crippen LogP contribution in [0.4, 0.5) is 5.69 Å². The summed E-state index contributed by atoms with van der Waals surface area (Å²) in [6.45, 7) is 1.32. The highest BCUT2D eigenvalue weighted by atomic mass is 32.2. The highest BCUT2D eigenvalue weighted by Crippen LogP contribution is 2.31. The molecule has 1 aliphatic carbocycles. The number of ketones is 2. The molecule has 7 nitrogen and oxygen atoms in total. The number of anilines is 1. The summed E-state index contributed by atoms with van der Waals surface area (Å²) in [6, 6.07) is 11.2. The Hall–Kier alpha value is -3.26. The topological polar surface area (TPSA) is 123 Å². The number of fused-ring (bicyclic) bond motifs is 1. The first-order valence-corrected chi connectivity index (χ1v) is 9.02. The van der Waals surface area contributed by atoms with Gasteiger partial charge in [0.2, 0.25) is 27.3 Å². The molecule has 3 N–H and O–H groups in total. The maximum absolute atomic E-state index is 12.9.